The van der Waals surface area contributed by atoms with E-state index in [-0.39, 0.29) is 5.56 Å². The zero-order chi connectivity index (χ0) is 21.7. The molecule has 2 fully saturated rings. The fourth-order valence-corrected chi connectivity index (χ4v) is 3.40. The number of amides is 2. The number of carbonyl (C=O) groups excluding carboxylic acids is 2. The van der Waals surface area contributed by atoms with Gasteiger partial charge in [-0.15, -0.1) is 0 Å². The van der Waals surface area contributed by atoms with Gasteiger partial charge in [0.1, 0.15) is 12.2 Å². The highest BCUT2D eigenvalue weighted by Gasteiger charge is 2.39. The molecular formula is C22H24FN3O4. The van der Waals surface area contributed by atoms with Gasteiger partial charge in [-0.2, -0.15) is 0 Å². The zero-order valence-corrected chi connectivity index (χ0v) is 16.6. The molecule has 0 bridgehead atoms. The van der Waals surface area contributed by atoms with Crippen molar-refractivity contribution in [1.82, 2.24) is 15.7 Å². The van der Waals surface area contributed by atoms with Gasteiger partial charge < -0.3 is 10.4 Å². The molecule has 8 heteroatoms. The summed E-state index contributed by atoms with van der Waals surface area (Å²) in [5.41, 5.74) is 2.38. The summed E-state index contributed by atoms with van der Waals surface area (Å²) in [6, 6.07) is 5.59. The van der Waals surface area contributed by atoms with Gasteiger partial charge in [0.15, 0.2) is 0 Å². The molecule has 0 radical (unpaired) electrons. The van der Waals surface area contributed by atoms with Crippen molar-refractivity contribution < 1.29 is 24.3 Å². The van der Waals surface area contributed by atoms with Crippen LogP contribution in [-0.4, -0.2) is 64.5 Å². The number of hydrogen-bond acceptors (Lipinski definition) is 5. The summed E-state index contributed by atoms with van der Waals surface area (Å²) in [7, 11) is 0. The second-order valence-electron chi connectivity index (χ2n) is 7.64. The van der Waals surface area contributed by atoms with E-state index in [0.717, 1.165) is 12.8 Å². The Morgan fingerprint density at radius 1 is 1.20 bits per heavy atom. The van der Waals surface area contributed by atoms with E-state index in [0.29, 0.717) is 30.6 Å². The Morgan fingerprint density at radius 2 is 1.87 bits per heavy atom. The molecule has 0 spiro atoms. The number of nitrogens with one attached hydrogen (secondary N) is 2. The molecule has 30 heavy (non-hydrogen) atoms. The van der Waals surface area contributed by atoms with Gasteiger partial charge in [-0.3, -0.25) is 19.7 Å². The summed E-state index contributed by atoms with van der Waals surface area (Å²) >= 11 is 0. The van der Waals surface area contributed by atoms with E-state index >= 15 is 0 Å². The van der Waals surface area contributed by atoms with E-state index in [4.69, 9.17) is 5.21 Å². The Labute approximate surface area is 174 Å². The average Bonchev–Trinajstić information content (AvgIpc) is 2.68. The van der Waals surface area contributed by atoms with Crippen LogP contribution in [0.5, 0.6) is 0 Å². The van der Waals surface area contributed by atoms with Crippen LogP contribution in [0.25, 0.3) is 0 Å². The van der Waals surface area contributed by atoms with E-state index in [1.807, 2.05) is 0 Å². The average molecular weight is 413 g/mol. The van der Waals surface area contributed by atoms with Gasteiger partial charge in [0.25, 0.3) is 11.8 Å². The van der Waals surface area contributed by atoms with Crippen LogP contribution in [0.2, 0.25) is 0 Å². The van der Waals surface area contributed by atoms with Gasteiger partial charge in [0.2, 0.25) is 0 Å². The first-order valence-corrected chi connectivity index (χ1v) is 9.80. The molecule has 1 aromatic carbocycles. The maximum atomic E-state index is 12.9. The van der Waals surface area contributed by atoms with Crippen LogP contribution >= 0.6 is 0 Å². The first-order chi connectivity index (χ1) is 14.4. The lowest BCUT2D eigenvalue weighted by molar-refractivity contribution is -0.133. The SMILES string of the molecule is C[C@@H](O)C(NC(=O)c1ccc(C#CC#CC2CC(N3CC(F)C3)C2)cc1)C(=O)NO. The lowest BCUT2D eigenvalue weighted by Gasteiger charge is -2.47. The number of rotatable bonds is 5. The largest absolute Gasteiger partial charge is 0.391 e. The molecule has 1 aromatic rings. The topological polar surface area (TPSA) is 102 Å². The van der Waals surface area contributed by atoms with E-state index in [2.05, 4.69) is 33.9 Å². The van der Waals surface area contributed by atoms with Crippen LogP contribution in [-0.2, 0) is 4.79 Å². The van der Waals surface area contributed by atoms with Crippen molar-refractivity contribution in [1.29, 1.82) is 0 Å². The third-order valence-electron chi connectivity index (χ3n) is 5.35. The predicted molar refractivity (Wildman–Crippen MR) is 107 cm³/mol. The molecular weight excluding hydrogens is 389 g/mol. The number of likely N-dealkylation sites (tertiary alicyclic amines) is 1. The molecule has 0 aromatic heterocycles. The van der Waals surface area contributed by atoms with Gasteiger partial charge in [-0.25, -0.2) is 9.87 Å². The molecule has 2 aliphatic rings. The summed E-state index contributed by atoms with van der Waals surface area (Å²) in [6.45, 7) is 2.42. The van der Waals surface area contributed by atoms with Crippen molar-refractivity contribution in [2.75, 3.05) is 13.1 Å². The summed E-state index contributed by atoms with van der Waals surface area (Å²) in [5, 5.41) is 20.6. The minimum atomic E-state index is -1.28. The van der Waals surface area contributed by atoms with E-state index in [1.54, 1.807) is 24.3 Å². The number of hydroxylamine groups is 1. The molecule has 1 saturated carbocycles. The highest BCUT2D eigenvalue weighted by Crippen LogP contribution is 2.34. The van der Waals surface area contributed by atoms with Crippen molar-refractivity contribution in [2.45, 2.75) is 44.1 Å². The maximum Gasteiger partial charge on any atom is 0.268 e. The van der Waals surface area contributed by atoms with Gasteiger partial charge in [-0.1, -0.05) is 11.8 Å². The van der Waals surface area contributed by atoms with Crippen LogP contribution < -0.4 is 10.8 Å². The molecule has 2 atom stereocenters. The van der Waals surface area contributed by atoms with Gasteiger partial charge in [-0.05, 0) is 55.9 Å². The third kappa shape index (κ3) is 5.37. The lowest BCUT2D eigenvalue weighted by Crippen LogP contribution is -2.57. The molecule has 1 aliphatic heterocycles. The summed E-state index contributed by atoms with van der Waals surface area (Å²) in [6.07, 6.45) is 0.0837. The van der Waals surface area contributed by atoms with Gasteiger partial charge >= 0.3 is 0 Å². The fourth-order valence-electron chi connectivity index (χ4n) is 3.40. The molecule has 3 rings (SSSR count). The lowest BCUT2D eigenvalue weighted by atomic mass is 9.78. The summed E-state index contributed by atoms with van der Waals surface area (Å²) in [4.78, 5) is 25.9. The molecule has 1 heterocycles. The number of nitrogens with zero attached hydrogens (tertiary/aromatic N) is 1. The molecule has 4 N–H and O–H groups in total. The second-order valence-corrected chi connectivity index (χ2v) is 7.64. The third-order valence-corrected chi connectivity index (χ3v) is 5.35. The maximum absolute atomic E-state index is 12.9. The Kier molecular flexibility index (Phi) is 7.07. The number of alkyl halides is 1. The number of halogens is 1. The Bertz CT molecular complexity index is 898. The summed E-state index contributed by atoms with van der Waals surface area (Å²) in [5.74, 6) is 10.5. The molecule has 1 aliphatic carbocycles. The number of aliphatic hydroxyl groups is 1. The highest BCUT2D eigenvalue weighted by molar-refractivity contribution is 5.97. The van der Waals surface area contributed by atoms with Crippen molar-refractivity contribution in [3.05, 3.63) is 35.4 Å². The molecule has 158 valence electrons. The zero-order valence-electron chi connectivity index (χ0n) is 16.6. The number of benzene rings is 1. The van der Waals surface area contributed by atoms with Crippen molar-refractivity contribution in [3.8, 4) is 23.7 Å². The summed E-state index contributed by atoms with van der Waals surface area (Å²) < 4.78 is 12.9. The van der Waals surface area contributed by atoms with Crippen LogP contribution in [0.4, 0.5) is 4.39 Å². The van der Waals surface area contributed by atoms with Gasteiger partial charge in [0, 0.05) is 36.2 Å². The normalized spacial score (nSPS) is 22.7. The Balaban J connectivity index is 1.48. The van der Waals surface area contributed by atoms with E-state index in [1.165, 1.54) is 12.4 Å². The van der Waals surface area contributed by atoms with Crippen molar-refractivity contribution >= 4 is 11.8 Å². The minimum Gasteiger partial charge on any atom is -0.391 e. The van der Waals surface area contributed by atoms with Crippen LogP contribution in [0.3, 0.4) is 0 Å². The predicted octanol–water partition coefficient (Wildman–Crippen LogP) is 0.458. The quantitative estimate of drug-likeness (QED) is 0.319. The first kappa shape index (κ1) is 21.8. The molecule has 7 nitrogen and oxygen atoms in total. The number of hydrogen-bond donors (Lipinski definition) is 4. The molecule has 2 amide bonds. The van der Waals surface area contributed by atoms with E-state index < -0.39 is 30.1 Å². The van der Waals surface area contributed by atoms with Crippen molar-refractivity contribution in [3.63, 3.8) is 0 Å². The van der Waals surface area contributed by atoms with Crippen LogP contribution in [0.15, 0.2) is 24.3 Å². The second kappa shape index (κ2) is 9.73. The van der Waals surface area contributed by atoms with E-state index in [9.17, 15) is 19.1 Å². The van der Waals surface area contributed by atoms with Crippen molar-refractivity contribution in [2.24, 2.45) is 5.92 Å². The molecule has 1 unspecified atom stereocenters. The smallest absolute Gasteiger partial charge is 0.268 e. The van der Waals surface area contributed by atoms with Crippen LogP contribution in [0.1, 0.15) is 35.7 Å². The standard InChI is InChI=1S/C22H24FN3O4/c1-14(27)20(22(29)25-30)24-21(28)17-8-6-15(7-9-17)4-2-3-5-16-10-19(11-16)26-12-18(23)13-26/h6-9,14,16,18-20,27,30H,10-13H2,1H3,(H,24,28)(H,25,29)/t14-,16?,19?,20?/m1/s1. The highest BCUT2D eigenvalue weighted by atomic mass is 19.1. The molecule has 1 saturated heterocycles. The Morgan fingerprint density at radius 3 is 2.43 bits per heavy atom. The Hall–Kier alpha value is -2.91. The van der Waals surface area contributed by atoms with Crippen LogP contribution in [0, 0.1) is 29.6 Å². The fraction of sp³-hybridized carbons (Fsp3) is 0.455. The number of carbonyl (C=O) groups is 2. The number of aliphatic hydroxyl groups excluding tert-OH is 1. The monoisotopic (exact) mass is 413 g/mol. The minimum absolute atomic E-state index is 0.282. The first-order valence-electron chi connectivity index (χ1n) is 9.80. The van der Waals surface area contributed by atoms with Gasteiger partial charge in [0.05, 0.1) is 6.10 Å².